The maximum atomic E-state index is 13.3. The van der Waals surface area contributed by atoms with E-state index in [1.165, 1.54) is 17.4 Å². The van der Waals surface area contributed by atoms with E-state index < -0.39 is 0 Å². The van der Waals surface area contributed by atoms with E-state index in [-0.39, 0.29) is 5.82 Å². The third kappa shape index (κ3) is 1.57. The van der Waals surface area contributed by atoms with E-state index in [1.807, 2.05) is 0 Å². The monoisotopic (exact) mass is 213 g/mol. The molecular formula is C9H5ClFNS. The molecule has 0 aliphatic heterocycles. The van der Waals surface area contributed by atoms with E-state index >= 15 is 0 Å². The first-order valence-electron chi connectivity index (χ1n) is 3.63. The molecule has 0 radical (unpaired) electrons. The van der Waals surface area contributed by atoms with Crippen molar-refractivity contribution >= 4 is 22.9 Å². The molecule has 13 heavy (non-hydrogen) atoms. The molecular weight excluding hydrogens is 209 g/mol. The van der Waals surface area contributed by atoms with Crippen LogP contribution in [0.2, 0.25) is 5.02 Å². The lowest BCUT2D eigenvalue weighted by molar-refractivity contribution is 0.631. The Hall–Kier alpha value is -0.930. The van der Waals surface area contributed by atoms with Crippen molar-refractivity contribution in [3.05, 3.63) is 40.6 Å². The highest BCUT2D eigenvalue weighted by Crippen LogP contribution is 2.31. The van der Waals surface area contributed by atoms with Crippen LogP contribution in [0.5, 0.6) is 0 Å². The number of nitrogens with zero attached hydrogens (tertiary/aromatic N) is 1. The molecule has 0 aliphatic carbocycles. The van der Waals surface area contributed by atoms with Gasteiger partial charge in [0.1, 0.15) is 10.8 Å². The molecule has 0 saturated heterocycles. The zero-order valence-corrected chi connectivity index (χ0v) is 8.07. The fourth-order valence-corrected chi connectivity index (χ4v) is 2.06. The Morgan fingerprint density at radius 3 is 2.85 bits per heavy atom. The lowest BCUT2D eigenvalue weighted by Gasteiger charge is -2.00. The summed E-state index contributed by atoms with van der Waals surface area (Å²) in [5, 5.41) is 2.80. The summed E-state index contributed by atoms with van der Waals surface area (Å²) in [6.45, 7) is 0. The van der Waals surface area contributed by atoms with Crippen LogP contribution in [0.25, 0.3) is 10.6 Å². The molecule has 0 saturated carbocycles. The maximum Gasteiger partial charge on any atom is 0.134 e. The number of aromatic nitrogens is 1. The molecule has 0 aliphatic rings. The largest absolute Gasteiger partial charge is 0.244 e. The summed E-state index contributed by atoms with van der Waals surface area (Å²) in [6.07, 6.45) is 1.63. The van der Waals surface area contributed by atoms with Crippen LogP contribution in [0.15, 0.2) is 29.8 Å². The van der Waals surface area contributed by atoms with E-state index in [0.29, 0.717) is 15.6 Å². The summed E-state index contributed by atoms with van der Waals surface area (Å²) < 4.78 is 13.3. The van der Waals surface area contributed by atoms with E-state index in [4.69, 9.17) is 11.6 Å². The minimum Gasteiger partial charge on any atom is -0.244 e. The van der Waals surface area contributed by atoms with Crippen molar-refractivity contribution in [2.75, 3.05) is 0 Å². The fourth-order valence-electron chi connectivity index (χ4n) is 1.05. The topological polar surface area (TPSA) is 12.9 Å². The van der Waals surface area contributed by atoms with Gasteiger partial charge in [-0.25, -0.2) is 9.37 Å². The summed E-state index contributed by atoms with van der Waals surface area (Å²) in [7, 11) is 0. The van der Waals surface area contributed by atoms with Crippen LogP contribution in [0, 0.1) is 5.82 Å². The van der Waals surface area contributed by atoms with E-state index in [1.54, 1.807) is 23.7 Å². The van der Waals surface area contributed by atoms with Gasteiger partial charge in [0.25, 0.3) is 0 Å². The van der Waals surface area contributed by atoms with Gasteiger partial charge in [0.05, 0.1) is 10.6 Å². The van der Waals surface area contributed by atoms with Crippen LogP contribution < -0.4 is 0 Å². The Balaban J connectivity index is 2.64. The number of rotatable bonds is 1. The minimum atomic E-state index is -0.331. The van der Waals surface area contributed by atoms with Crippen LogP contribution in [0.1, 0.15) is 0 Å². The number of hydrogen-bond donors (Lipinski definition) is 0. The second kappa shape index (κ2) is 3.44. The Morgan fingerprint density at radius 1 is 1.38 bits per heavy atom. The smallest absolute Gasteiger partial charge is 0.134 e. The van der Waals surface area contributed by atoms with Gasteiger partial charge in [-0.05, 0) is 12.1 Å². The van der Waals surface area contributed by atoms with E-state index in [0.717, 1.165) is 0 Å². The first-order chi connectivity index (χ1) is 6.29. The van der Waals surface area contributed by atoms with Gasteiger partial charge in [-0.1, -0.05) is 17.7 Å². The Bertz CT molecular complexity index is 393. The molecule has 1 nitrogen and oxygen atoms in total. The minimum absolute atomic E-state index is 0.331. The third-order valence-electron chi connectivity index (χ3n) is 1.61. The first kappa shape index (κ1) is 8.66. The van der Waals surface area contributed by atoms with Gasteiger partial charge >= 0.3 is 0 Å². The number of thiazole rings is 1. The number of hydrogen-bond acceptors (Lipinski definition) is 2. The Labute approximate surface area is 83.8 Å². The van der Waals surface area contributed by atoms with Gasteiger partial charge in [-0.3, -0.25) is 0 Å². The van der Waals surface area contributed by atoms with Gasteiger partial charge in [-0.2, -0.15) is 0 Å². The molecule has 2 aromatic rings. The van der Waals surface area contributed by atoms with Gasteiger partial charge in [0.2, 0.25) is 0 Å². The third-order valence-corrected chi connectivity index (χ3v) is 2.71. The Morgan fingerprint density at radius 2 is 2.23 bits per heavy atom. The second-order valence-electron chi connectivity index (χ2n) is 2.43. The van der Waals surface area contributed by atoms with Crippen molar-refractivity contribution in [1.82, 2.24) is 4.98 Å². The van der Waals surface area contributed by atoms with E-state index in [2.05, 4.69) is 4.98 Å². The highest BCUT2D eigenvalue weighted by molar-refractivity contribution is 7.13. The van der Waals surface area contributed by atoms with Crippen LogP contribution in [0.4, 0.5) is 4.39 Å². The first-order valence-corrected chi connectivity index (χ1v) is 4.88. The van der Waals surface area contributed by atoms with Gasteiger partial charge in [0, 0.05) is 11.6 Å². The second-order valence-corrected chi connectivity index (χ2v) is 3.74. The van der Waals surface area contributed by atoms with Crippen molar-refractivity contribution < 1.29 is 4.39 Å². The molecule has 0 bridgehead atoms. The molecule has 0 amide bonds. The van der Waals surface area contributed by atoms with E-state index in [9.17, 15) is 4.39 Å². The molecule has 0 atom stereocenters. The predicted octanol–water partition coefficient (Wildman–Crippen LogP) is 3.60. The van der Waals surface area contributed by atoms with Crippen molar-refractivity contribution in [3.8, 4) is 10.6 Å². The summed E-state index contributed by atoms with van der Waals surface area (Å²) >= 11 is 7.22. The molecule has 1 aromatic carbocycles. The summed E-state index contributed by atoms with van der Waals surface area (Å²) in [4.78, 5) is 4.00. The predicted molar refractivity (Wildman–Crippen MR) is 52.5 cm³/mol. The zero-order valence-electron chi connectivity index (χ0n) is 6.50. The molecule has 2 rings (SSSR count). The summed E-state index contributed by atoms with van der Waals surface area (Å²) in [5.41, 5.74) is 0.388. The highest BCUT2D eigenvalue weighted by atomic mass is 35.5. The SMILES string of the molecule is Fc1cccc(Cl)c1-c1nccs1. The molecule has 4 heteroatoms. The van der Waals surface area contributed by atoms with Crippen LogP contribution in [-0.2, 0) is 0 Å². The number of halogens is 2. The zero-order chi connectivity index (χ0) is 9.26. The number of benzene rings is 1. The van der Waals surface area contributed by atoms with Gasteiger partial charge in [0.15, 0.2) is 0 Å². The fraction of sp³-hybridized carbons (Fsp3) is 0. The summed E-state index contributed by atoms with van der Waals surface area (Å²) in [5.74, 6) is -0.331. The molecule has 1 heterocycles. The summed E-state index contributed by atoms with van der Waals surface area (Å²) in [6, 6.07) is 4.61. The van der Waals surface area contributed by atoms with Crippen LogP contribution >= 0.6 is 22.9 Å². The average molecular weight is 214 g/mol. The maximum absolute atomic E-state index is 13.3. The standard InChI is InChI=1S/C9H5ClFNS/c10-6-2-1-3-7(11)8(6)9-12-4-5-13-9/h1-5H. The van der Waals surface area contributed by atoms with Crippen molar-refractivity contribution in [1.29, 1.82) is 0 Å². The molecule has 0 unspecified atom stereocenters. The average Bonchev–Trinajstić information content (AvgIpc) is 2.57. The molecule has 1 aromatic heterocycles. The molecule has 0 fully saturated rings. The lowest BCUT2D eigenvalue weighted by Crippen LogP contribution is -1.83. The quantitative estimate of drug-likeness (QED) is 0.705. The van der Waals surface area contributed by atoms with Crippen molar-refractivity contribution in [2.45, 2.75) is 0 Å². The van der Waals surface area contributed by atoms with Gasteiger partial charge in [-0.15, -0.1) is 11.3 Å². The highest BCUT2D eigenvalue weighted by Gasteiger charge is 2.10. The molecule has 0 spiro atoms. The van der Waals surface area contributed by atoms with Crippen molar-refractivity contribution in [3.63, 3.8) is 0 Å². The molecule has 66 valence electrons. The van der Waals surface area contributed by atoms with Crippen molar-refractivity contribution in [2.24, 2.45) is 0 Å². The Kier molecular flexibility index (Phi) is 2.29. The van der Waals surface area contributed by atoms with Crippen LogP contribution in [0.3, 0.4) is 0 Å². The van der Waals surface area contributed by atoms with Gasteiger partial charge < -0.3 is 0 Å². The normalized spacial score (nSPS) is 10.3. The van der Waals surface area contributed by atoms with Crippen LogP contribution in [-0.4, -0.2) is 4.98 Å². The molecule has 0 N–H and O–H groups in total. The lowest BCUT2D eigenvalue weighted by atomic mass is 10.2.